The first-order valence-corrected chi connectivity index (χ1v) is 9.78. The summed E-state index contributed by atoms with van der Waals surface area (Å²) in [5.41, 5.74) is 7.51. The topological polar surface area (TPSA) is 67.1 Å². The van der Waals surface area contributed by atoms with E-state index >= 15 is 0 Å². The molecule has 2 heterocycles. The molecule has 6 heteroatoms. The first-order chi connectivity index (χ1) is 14.3. The minimum atomic E-state index is -0.417. The third-order valence-electron chi connectivity index (χ3n) is 5.57. The van der Waals surface area contributed by atoms with Gasteiger partial charge >= 0.3 is 5.91 Å². The predicted octanol–water partition coefficient (Wildman–Crippen LogP) is 4.84. The first-order valence-electron chi connectivity index (χ1n) is 9.78. The summed E-state index contributed by atoms with van der Waals surface area (Å²) >= 11 is 0. The third-order valence-corrected chi connectivity index (χ3v) is 5.57. The van der Waals surface area contributed by atoms with Crippen molar-refractivity contribution in [2.24, 2.45) is 5.10 Å². The molecule has 0 fully saturated rings. The van der Waals surface area contributed by atoms with Crippen LogP contribution < -0.4 is 15.1 Å². The Labute approximate surface area is 175 Å². The zero-order valence-electron chi connectivity index (χ0n) is 17.8. The van der Waals surface area contributed by atoms with E-state index in [1.165, 1.54) is 11.3 Å². The molecule has 0 atom stereocenters. The molecular formula is C24H25N3O3. The van der Waals surface area contributed by atoms with Gasteiger partial charge in [0.05, 0.1) is 18.9 Å². The largest absolute Gasteiger partial charge is 0.493 e. The average Bonchev–Trinajstić information content (AvgIpc) is 3.16. The molecule has 3 aromatic rings. The van der Waals surface area contributed by atoms with Crippen LogP contribution in [0.1, 0.15) is 42.5 Å². The number of rotatable bonds is 4. The first kappa shape index (κ1) is 19.8. The van der Waals surface area contributed by atoms with Crippen molar-refractivity contribution in [3.05, 3.63) is 65.4 Å². The van der Waals surface area contributed by atoms with Crippen LogP contribution in [0.4, 0.5) is 5.69 Å². The average molecular weight is 403 g/mol. The summed E-state index contributed by atoms with van der Waals surface area (Å²) in [6, 6.07) is 13.3. The van der Waals surface area contributed by atoms with Gasteiger partial charge < -0.3 is 14.1 Å². The van der Waals surface area contributed by atoms with Gasteiger partial charge in [-0.05, 0) is 56.2 Å². The monoisotopic (exact) mass is 403 g/mol. The second-order valence-electron chi connectivity index (χ2n) is 8.01. The fourth-order valence-electron chi connectivity index (χ4n) is 3.79. The maximum atomic E-state index is 12.4. The number of methoxy groups -OCH3 is 1. The molecule has 154 valence electrons. The van der Waals surface area contributed by atoms with Crippen molar-refractivity contribution < 1.29 is 13.9 Å². The second-order valence-corrected chi connectivity index (χ2v) is 8.01. The Morgan fingerprint density at radius 2 is 2.03 bits per heavy atom. The van der Waals surface area contributed by atoms with Crippen LogP contribution in [-0.2, 0) is 0 Å². The molecular weight excluding hydrogens is 378 g/mol. The number of furan rings is 1. The van der Waals surface area contributed by atoms with Crippen molar-refractivity contribution in [1.29, 1.82) is 0 Å². The summed E-state index contributed by atoms with van der Waals surface area (Å²) < 4.78 is 10.9. The minimum absolute atomic E-state index is 0.0318. The van der Waals surface area contributed by atoms with Gasteiger partial charge in [-0.3, -0.25) is 4.79 Å². The number of benzene rings is 2. The zero-order chi connectivity index (χ0) is 21.5. The lowest BCUT2D eigenvalue weighted by molar-refractivity contribution is 0.0929. The molecule has 2 aromatic carbocycles. The van der Waals surface area contributed by atoms with E-state index in [1.54, 1.807) is 25.5 Å². The van der Waals surface area contributed by atoms with E-state index < -0.39 is 5.91 Å². The fourth-order valence-corrected chi connectivity index (χ4v) is 3.79. The van der Waals surface area contributed by atoms with E-state index in [-0.39, 0.29) is 11.3 Å². The van der Waals surface area contributed by atoms with Gasteiger partial charge in [0, 0.05) is 23.7 Å². The molecule has 1 aliphatic rings. The molecule has 0 spiro atoms. The van der Waals surface area contributed by atoms with Crippen LogP contribution in [0.15, 0.2) is 58.1 Å². The molecule has 0 bridgehead atoms. The van der Waals surface area contributed by atoms with Crippen molar-refractivity contribution >= 4 is 34.4 Å². The molecule has 0 saturated carbocycles. The van der Waals surface area contributed by atoms with E-state index in [1.807, 2.05) is 18.2 Å². The molecule has 1 amide bonds. The van der Waals surface area contributed by atoms with Gasteiger partial charge in [-0.15, -0.1) is 0 Å². The van der Waals surface area contributed by atoms with E-state index in [9.17, 15) is 4.79 Å². The van der Waals surface area contributed by atoms with Crippen LogP contribution in [0.5, 0.6) is 5.75 Å². The Morgan fingerprint density at radius 3 is 2.80 bits per heavy atom. The number of hydrazone groups is 1. The zero-order valence-corrected chi connectivity index (χ0v) is 17.8. The van der Waals surface area contributed by atoms with Crippen LogP contribution in [0.3, 0.4) is 0 Å². The lowest BCUT2D eigenvalue weighted by atomic mass is 9.89. The number of nitrogens with zero attached hydrogens (tertiary/aromatic N) is 2. The quantitative estimate of drug-likeness (QED) is 0.500. The van der Waals surface area contributed by atoms with Crippen molar-refractivity contribution in [3.63, 3.8) is 0 Å². The Kier molecular flexibility index (Phi) is 4.86. The van der Waals surface area contributed by atoms with E-state index in [0.29, 0.717) is 11.3 Å². The molecule has 1 N–H and O–H groups in total. The summed E-state index contributed by atoms with van der Waals surface area (Å²) in [4.78, 5) is 14.7. The lowest BCUT2D eigenvalue weighted by Crippen LogP contribution is -2.42. The molecule has 0 aliphatic carbocycles. The highest BCUT2D eigenvalue weighted by atomic mass is 16.5. The van der Waals surface area contributed by atoms with Crippen LogP contribution in [0.2, 0.25) is 0 Å². The number of hydrogen-bond acceptors (Lipinski definition) is 5. The van der Waals surface area contributed by atoms with Gasteiger partial charge in [0.2, 0.25) is 0 Å². The van der Waals surface area contributed by atoms with Crippen molar-refractivity contribution in [2.75, 3.05) is 19.1 Å². The Hall–Kier alpha value is -3.54. The molecule has 0 saturated heterocycles. The van der Waals surface area contributed by atoms with Crippen molar-refractivity contribution in [2.45, 2.75) is 26.3 Å². The Balaban J connectivity index is 1.52. The Bertz CT molecular complexity index is 1190. The number of anilines is 1. The number of amides is 1. The van der Waals surface area contributed by atoms with Gasteiger partial charge in [-0.1, -0.05) is 24.3 Å². The molecule has 0 unspecified atom stereocenters. The normalized spacial score (nSPS) is 15.2. The van der Waals surface area contributed by atoms with Crippen LogP contribution >= 0.6 is 0 Å². The number of allylic oxidation sites excluding steroid dienone is 1. The van der Waals surface area contributed by atoms with Crippen LogP contribution in [0, 0.1) is 0 Å². The maximum Gasteiger partial charge on any atom is 0.307 e. The minimum Gasteiger partial charge on any atom is -0.493 e. The smallest absolute Gasteiger partial charge is 0.307 e. The fraction of sp³-hybridized carbons (Fsp3) is 0.250. The highest BCUT2D eigenvalue weighted by Crippen LogP contribution is 2.37. The van der Waals surface area contributed by atoms with E-state index in [2.05, 4.69) is 61.5 Å². The van der Waals surface area contributed by atoms with Gasteiger partial charge in [0.1, 0.15) is 0 Å². The van der Waals surface area contributed by atoms with Crippen LogP contribution in [-0.4, -0.2) is 31.8 Å². The Morgan fingerprint density at radius 1 is 1.23 bits per heavy atom. The third kappa shape index (κ3) is 3.45. The SMILES string of the molecule is COc1cccc2cc(C(=O)N/N=C\c3ccc4c(c3)C(C)=CC(C)(C)N4C)oc12. The van der Waals surface area contributed by atoms with E-state index in [0.717, 1.165) is 16.5 Å². The number of para-hydroxylation sites is 1. The molecule has 4 rings (SSSR count). The van der Waals surface area contributed by atoms with Gasteiger partial charge in [0.25, 0.3) is 0 Å². The molecule has 30 heavy (non-hydrogen) atoms. The number of likely N-dealkylation sites (N-methyl/N-ethyl adjacent to an activating group) is 1. The number of nitrogens with one attached hydrogen (secondary N) is 1. The summed E-state index contributed by atoms with van der Waals surface area (Å²) in [5, 5.41) is 4.90. The van der Waals surface area contributed by atoms with Gasteiger partial charge in [-0.25, -0.2) is 5.43 Å². The van der Waals surface area contributed by atoms with Gasteiger partial charge in [0.15, 0.2) is 17.1 Å². The number of fused-ring (bicyclic) bond motifs is 2. The number of carbonyl (C=O) groups is 1. The highest BCUT2D eigenvalue weighted by Gasteiger charge is 2.28. The molecule has 1 aromatic heterocycles. The van der Waals surface area contributed by atoms with Gasteiger partial charge in [-0.2, -0.15) is 5.10 Å². The summed E-state index contributed by atoms with van der Waals surface area (Å²) in [6.07, 6.45) is 3.89. The summed E-state index contributed by atoms with van der Waals surface area (Å²) in [5.74, 6) is 0.348. The van der Waals surface area contributed by atoms with Crippen molar-refractivity contribution in [1.82, 2.24) is 5.43 Å². The lowest BCUT2D eigenvalue weighted by Gasteiger charge is -2.40. The molecule has 0 radical (unpaired) electrons. The highest BCUT2D eigenvalue weighted by molar-refractivity contribution is 5.98. The number of carbonyl (C=O) groups excluding carboxylic acids is 1. The summed E-state index contributed by atoms with van der Waals surface area (Å²) in [7, 11) is 3.66. The maximum absolute atomic E-state index is 12.4. The second kappa shape index (κ2) is 7.37. The van der Waals surface area contributed by atoms with Crippen molar-refractivity contribution in [3.8, 4) is 5.75 Å². The number of ether oxygens (including phenoxy) is 1. The predicted molar refractivity (Wildman–Crippen MR) is 120 cm³/mol. The molecule has 6 nitrogen and oxygen atoms in total. The summed E-state index contributed by atoms with van der Waals surface area (Å²) in [6.45, 7) is 6.50. The standard InChI is InChI=1S/C24H25N3O3/c1-15-13-24(2,3)27(4)19-10-9-16(11-18(15)19)14-25-26-23(28)21-12-17-7-6-8-20(29-5)22(17)30-21/h6-14H,1-5H3,(H,26,28)/b25-14-. The van der Waals surface area contributed by atoms with Crippen LogP contribution in [0.25, 0.3) is 16.5 Å². The molecule has 1 aliphatic heterocycles. The number of hydrogen-bond donors (Lipinski definition) is 1. The van der Waals surface area contributed by atoms with E-state index in [4.69, 9.17) is 9.15 Å².